The van der Waals surface area contributed by atoms with Crippen LogP contribution in [0.2, 0.25) is 0 Å². The molecule has 1 aliphatic rings. The molecule has 0 bridgehead atoms. The Bertz CT molecular complexity index is 872. The van der Waals surface area contributed by atoms with Gasteiger partial charge < -0.3 is 20.0 Å². The van der Waals surface area contributed by atoms with E-state index in [4.69, 9.17) is 0 Å². The highest BCUT2D eigenvalue weighted by atomic mass is 16.6. The van der Waals surface area contributed by atoms with Crippen molar-refractivity contribution >= 4 is 16.7 Å². The Balaban J connectivity index is 1.99. The number of nitrogens with one attached hydrogen (secondary N) is 2. The molecule has 9 heteroatoms. The normalized spacial score (nSPS) is 18.6. The lowest BCUT2D eigenvalue weighted by Crippen LogP contribution is -2.29. The van der Waals surface area contributed by atoms with E-state index >= 15 is 0 Å². The number of hydrogen-bond donors (Lipinski definition) is 3. The van der Waals surface area contributed by atoms with E-state index in [0.717, 1.165) is 6.54 Å². The van der Waals surface area contributed by atoms with Crippen molar-refractivity contribution in [3.63, 3.8) is 0 Å². The largest absolute Gasteiger partial charge is 0.392 e. The maximum absolute atomic E-state index is 11.5. The first kappa shape index (κ1) is 15.4. The molecule has 1 atom stereocenters. The standard InChI is InChI=1S/C14H16N4O5/c19-10-2-4-17(7-10)3-1-8-5-9(18(22)23)6-11-12(8)16-14(21)13(20)15-11/h5-6,10,19H,1-4,7H2,(H,15,20)(H,16,21). The van der Waals surface area contributed by atoms with E-state index in [1.165, 1.54) is 12.1 Å². The quantitative estimate of drug-likeness (QED) is 0.404. The predicted molar refractivity (Wildman–Crippen MR) is 82.6 cm³/mol. The second kappa shape index (κ2) is 5.94. The van der Waals surface area contributed by atoms with Gasteiger partial charge in [-0.25, -0.2) is 0 Å². The molecule has 1 saturated heterocycles. The molecule has 3 rings (SSSR count). The van der Waals surface area contributed by atoms with Crippen molar-refractivity contribution in [1.82, 2.24) is 14.9 Å². The third-order valence-corrected chi connectivity index (χ3v) is 4.05. The summed E-state index contributed by atoms with van der Waals surface area (Å²) in [4.78, 5) is 40.4. The molecule has 23 heavy (non-hydrogen) atoms. The van der Waals surface area contributed by atoms with Crippen LogP contribution in [0.3, 0.4) is 0 Å². The first-order valence-electron chi connectivity index (χ1n) is 7.28. The van der Waals surface area contributed by atoms with Crippen LogP contribution in [-0.2, 0) is 6.42 Å². The number of H-pyrrole nitrogens is 2. The van der Waals surface area contributed by atoms with Crippen LogP contribution in [-0.4, -0.2) is 50.6 Å². The van der Waals surface area contributed by atoms with E-state index in [0.29, 0.717) is 37.0 Å². The second-order valence-electron chi connectivity index (χ2n) is 5.69. The number of nitro groups is 1. The number of nitrogens with zero attached hydrogens (tertiary/aromatic N) is 2. The Morgan fingerprint density at radius 3 is 2.70 bits per heavy atom. The van der Waals surface area contributed by atoms with Gasteiger partial charge in [0.15, 0.2) is 0 Å². The third kappa shape index (κ3) is 3.15. The summed E-state index contributed by atoms with van der Waals surface area (Å²) in [5.41, 5.74) is -0.545. The zero-order valence-electron chi connectivity index (χ0n) is 12.2. The molecule has 0 saturated carbocycles. The topological polar surface area (TPSA) is 132 Å². The molecule has 0 spiro atoms. The Morgan fingerprint density at radius 2 is 2.04 bits per heavy atom. The summed E-state index contributed by atoms with van der Waals surface area (Å²) < 4.78 is 0. The lowest BCUT2D eigenvalue weighted by molar-refractivity contribution is -0.384. The van der Waals surface area contributed by atoms with Gasteiger partial charge in [-0.3, -0.25) is 19.7 Å². The smallest absolute Gasteiger partial charge is 0.314 e. The fourth-order valence-corrected chi connectivity index (χ4v) is 2.88. The van der Waals surface area contributed by atoms with E-state index < -0.39 is 16.0 Å². The van der Waals surface area contributed by atoms with E-state index in [9.17, 15) is 24.8 Å². The van der Waals surface area contributed by atoms with Crippen LogP contribution in [0.5, 0.6) is 0 Å². The number of aromatic nitrogens is 2. The minimum absolute atomic E-state index is 0.142. The van der Waals surface area contributed by atoms with Crippen LogP contribution < -0.4 is 11.1 Å². The van der Waals surface area contributed by atoms with Gasteiger partial charge >= 0.3 is 11.1 Å². The molecular weight excluding hydrogens is 304 g/mol. The fraction of sp³-hybridized carbons (Fsp3) is 0.429. The molecule has 9 nitrogen and oxygen atoms in total. The highest BCUT2D eigenvalue weighted by Crippen LogP contribution is 2.22. The van der Waals surface area contributed by atoms with Crippen LogP contribution in [0.1, 0.15) is 12.0 Å². The average molecular weight is 320 g/mol. The second-order valence-corrected chi connectivity index (χ2v) is 5.69. The molecule has 0 aliphatic carbocycles. The van der Waals surface area contributed by atoms with Gasteiger partial charge in [0.2, 0.25) is 0 Å². The lowest BCUT2D eigenvalue weighted by atomic mass is 10.1. The third-order valence-electron chi connectivity index (χ3n) is 4.05. The van der Waals surface area contributed by atoms with Gasteiger partial charge in [-0.15, -0.1) is 0 Å². The first-order valence-corrected chi connectivity index (χ1v) is 7.28. The molecule has 122 valence electrons. The van der Waals surface area contributed by atoms with Gasteiger partial charge in [-0.05, 0) is 18.4 Å². The summed E-state index contributed by atoms with van der Waals surface area (Å²) in [5.74, 6) is 0. The Morgan fingerprint density at radius 1 is 1.30 bits per heavy atom. The lowest BCUT2D eigenvalue weighted by Gasteiger charge is -2.15. The number of non-ortho nitro benzene ring substituents is 1. The maximum Gasteiger partial charge on any atom is 0.314 e. The van der Waals surface area contributed by atoms with E-state index in [1.54, 1.807) is 0 Å². The molecule has 2 heterocycles. The summed E-state index contributed by atoms with van der Waals surface area (Å²) in [6.07, 6.45) is 0.834. The van der Waals surface area contributed by atoms with Crippen LogP contribution in [0, 0.1) is 10.1 Å². The SMILES string of the molecule is O=c1[nH]c2cc([N+](=O)[O-])cc(CCN3CCC(O)C3)c2[nH]c1=O. The van der Waals surface area contributed by atoms with E-state index in [2.05, 4.69) is 14.9 Å². The van der Waals surface area contributed by atoms with Gasteiger partial charge in [-0.2, -0.15) is 0 Å². The minimum atomic E-state index is -0.841. The highest BCUT2D eigenvalue weighted by molar-refractivity contribution is 5.80. The van der Waals surface area contributed by atoms with Crippen LogP contribution >= 0.6 is 0 Å². The molecule has 1 aromatic heterocycles. The van der Waals surface area contributed by atoms with Crippen molar-refractivity contribution in [2.75, 3.05) is 19.6 Å². The molecule has 1 fully saturated rings. The molecule has 1 unspecified atom stereocenters. The summed E-state index contributed by atoms with van der Waals surface area (Å²) >= 11 is 0. The monoisotopic (exact) mass is 320 g/mol. The van der Waals surface area contributed by atoms with E-state index in [-0.39, 0.29) is 17.3 Å². The maximum atomic E-state index is 11.5. The highest BCUT2D eigenvalue weighted by Gasteiger charge is 2.20. The molecule has 1 aliphatic heterocycles. The van der Waals surface area contributed by atoms with Gasteiger partial charge in [0.05, 0.1) is 22.1 Å². The van der Waals surface area contributed by atoms with Crippen molar-refractivity contribution in [3.8, 4) is 0 Å². The summed E-state index contributed by atoms with van der Waals surface area (Å²) in [5, 5.41) is 20.6. The minimum Gasteiger partial charge on any atom is -0.392 e. The molecular formula is C14H16N4O5. The Hall–Kier alpha value is -2.52. The number of aliphatic hydroxyl groups is 1. The first-order chi connectivity index (χ1) is 10.9. The number of benzene rings is 1. The summed E-state index contributed by atoms with van der Waals surface area (Å²) in [6.45, 7) is 1.94. The predicted octanol–water partition coefficient (Wildman–Crippen LogP) is -0.266. The Kier molecular flexibility index (Phi) is 3.97. The number of aliphatic hydroxyl groups excluding tert-OH is 1. The van der Waals surface area contributed by atoms with Crippen LogP contribution in [0.15, 0.2) is 21.7 Å². The molecule has 0 amide bonds. The van der Waals surface area contributed by atoms with Crippen LogP contribution in [0.4, 0.5) is 5.69 Å². The van der Waals surface area contributed by atoms with Gasteiger partial charge in [0.1, 0.15) is 0 Å². The van der Waals surface area contributed by atoms with Crippen LogP contribution in [0.25, 0.3) is 11.0 Å². The van der Waals surface area contributed by atoms with Crippen molar-refractivity contribution in [2.45, 2.75) is 18.9 Å². The zero-order valence-corrected chi connectivity index (χ0v) is 12.2. The zero-order chi connectivity index (χ0) is 16.6. The molecule has 2 aromatic rings. The summed E-state index contributed by atoms with van der Waals surface area (Å²) in [7, 11) is 0. The number of nitro benzene ring substituents is 1. The van der Waals surface area contributed by atoms with Crippen molar-refractivity contribution in [3.05, 3.63) is 48.5 Å². The van der Waals surface area contributed by atoms with Gasteiger partial charge in [0.25, 0.3) is 5.69 Å². The molecule has 3 N–H and O–H groups in total. The van der Waals surface area contributed by atoms with Crippen molar-refractivity contribution in [2.24, 2.45) is 0 Å². The summed E-state index contributed by atoms with van der Waals surface area (Å²) in [6, 6.07) is 2.64. The number of fused-ring (bicyclic) bond motifs is 1. The number of β-amino-alcohol motifs (C(OH)–C–C–N with tert-alkyl or cyclic N) is 1. The number of hydrogen-bond acceptors (Lipinski definition) is 6. The number of likely N-dealkylation sites (tertiary alicyclic amines) is 1. The fourth-order valence-electron chi connectivity index (χ4n) is 2.88. The van der Waals surface area contributed by atoms with Crippen molar-refractivity contribution in [1.29, 1.82) is 0 Å². The van der Waals surface area contributed by atoms with E-state index in [1.807, 2.05) is 0 Å². The number of aromatic amines is 2. The molecule has 0 radical (unpaired) electrons. The Labute approximate surface area is 129 Å². The average Bonchev–Trinajstić information content (AvgIpc) is 2.91. The number of rotatable bonds is 4. The molecule has 1 aromatic carbocycles. The van der Waals surface area contributed by atoms with Gasteiger partial charge in [0, 0.05) is 31.8 Å². The van der Waals surface area contributed by atoms with Crippen molar-refractivity contribution < 1.29 is 10.0 Å². The van der Waals surface area contributed by atoms with Gasteiger partial charge in [-0.1, -0.05) is 0 Å².